The van der Waals surface area contributed by atoms with Crippen molar-refractivity contribution in [2.75, 3.05) is 32.6 Å². The Labute approximate surface area is 227 Å². The van der Waals surface area contributed by atoms with Crippen molar-refractivity contribution in [2.45, 2.75) is 45.1 Å². The van der Waals surface area contributed by atoms with Gasteiger partial charge in [0.15, 0.2) is 0 Å². The van der Waals surface area contributed by atoms with Crippen LogP contribution in [0.25, 0.3) is 5.69 Å². The zero-order valence-electron chi connectivity index (χ0n) is 22.3. The average molecular weight is 541 g/mol. The second-order valence-corrected chi connectivity index (χ2v) is 10.5. The number of halogens is 1. The molecule has 9 nitrogen and oxygen atoms in total. The summed E-state index contributed by atoms with van der Waals surface area (Å²) in [5.74, 6) is 0.784. The maximum Gasteiger partial charge on any atom is 0.410 e. The summed E-state index contributed by atoms with van der Waals surface area (Å²) in [6.45, 7) is 6.58. The minimum atomic E-state index is -0.561. The van der Waals surface area contributed by atoms with Gasteiger partial charge in [0.2, 0.25) is 0 Å². The van der Waals surface area contributed by atoms with Gasteiger partial charge in [-0.3, -0.25) is 4.79 Å². The molecule has 2 aromatic carbocycles. The number of aromatic nitrogens is 2. The van der Waals surface area contributed by atoms with Crippen LogP contribution in [0.2, 0.25) is 5.02 Å². The number of carbonyl (C=O) groups excluding carboxylic acids is 2. The Hall–Kier alpha value is -3.72. The zero-order chi connectivity index (χ0) is 27.4. The Morgan fingerprint density at radius 1 is 1.03 bits per heavy atom. The van der Waals surface area contributed by atoms with E-state index in [0.29, 0.717) is 53.7 Å². The lowest BCUT2D eigenvalue weighted by molar-refractivity contribution is 0.0203. The lowest BCUT2D eigenvalue weighted by Crippen LogP contribution is -2.41. The van der Waals surface area contributed by atoms with Crippen molar-refractivity contribution in [3.05, 3.63) is 64.9 Å². The summed E-state index contributed by atoms with van der Waals surface area (Å²) < 4.78 is 18.0. The van der Waals surface area contributed by atoms with Crippen molar-refractivity contribution in [1.29, 1.82) is 0 Å². The summed E-state index contributed by atoms with van der Waals surface area (Å²) in [4.78, 5) is 27.9. The molecule has 0 aliphatic carbocycles. The fraction of sp³-hybridized carbons (Fsp3) is 0.393. The van der Waals surface area contributed by atoms with Crippen LogP contribution in [0, 0.1) is 0 Å². The van der Waals surface area contributed by atoms with E-state index in [9.17, 15) is 9.59 Å². The number of ether oxygens (including phenoxy) is 3. The molecule has 1 fully saturated rings. The summed E-state index contributed by atoms with van der Waals surface area (Å²) in [5.41, 5.74) is 1.98. The third-order valence-corrected chi connectivity index (χ3v) is 6.56. The Kier molecular flexibility index (Phi) is 8.16. The van der Waals surface area contributed by atoms with Crippen LogP contribution in [-0.2, 0) is 4.74 Å². The first-order valence-corrected chi connectivity index (χ1v) is 12.8. The van der Waals surface area contributed by atoms with E-state index in [2.05, 4.69) is 10.4 Å². The van der Waals surface area contributed by atoms with Gasteiger partial charge in [0.05, 0.1) is 43.0 Å². The van der Waals surface area contributed by atoms with Crippen molar-refractivity contribution in [3.63, 3.8) is 0 Å². The predicted molar refractivity (Wildman–Crippen MR) is 146 cm³/mol. The van der Waals surface area contributed by atoms with Crippen LogP contribution < -0.4 is 14.8 Å². The lowest BCUT2D eigenvalue weighted by Gasteiger charge is -2.34. The number of carbonyl (C=O) groups is 2. The Morgan fingerprint density at radius 3 is 2.32 bits per heavy atom. The van der Waals surface area contributed by atoms with Gasteiger partial charge < -0.3 is 24.4 Å². The highest BCUT2D eigenvalue weighted by Crippen LogP contribution is 2.34. The lowest BCUT2D eigenvalue weighted by atomic mass is 9.90. The first-order chi connectivity index (χ1) is 18.1. The topological polar surface area (TPSA) is 94.9 Å². The number of nitrogens with zero attached hydrogens (tertiary/aromatic N) is 3. The molecule has 0 unspecified atom stereocenters. The number of benzene rings is 2. The quantitative estimate of drug-likeness (QED) is 0.417. The molecule has 1 aromatic heterocycles. The molecule has 38 heavy (non-hydrogen) atoms. The number of anilines is 1. The van der Waals surface area contributed by atoms with Crippen molar-refractivity contribution >= 4 is 29.3 Å². The number of hydrogen-bond acceptors (Lipinski definition) is 6. The van der Waals surface area contributed by atoms with Crippen LogP contribution >= 0.6 is 11.6 Å². The van der Waals surface area contributed by atoms with Gasteiger partial charge in [-0.15, -0.1) is 0 Å². The highest BCUT2D eigenvalue weighted by molar-refractivity contribution is 6.30. The summed E-state index contributed by atoms with van der Waals surface area (Å²) in [6, 6.07) is 12.5. The number of methoxy groups -OCH3 is 2. The molecule has 0 radical (unpaired) electrons. The number of likely N-dealkylation sites (tertiary alicyclic amines) is 1. The third kappa shape index (κ3) is 6.22. The van der Waals surface area contributed by atoms with Gasteiger partial charge in [-0.25, -0.2) is 9.48 Å². The van der Waals surface area contributed by atoms with Crippen molar-refractivity contribution < 1.29 is 23.8 Å². The molecular formula is C28H33ClN4O5. The number of hydrogen-bond donors (Lipinski definition) is 1. The largest absolute Gasteiger partial charge is 0.497 e. The van der Waals surface area contributed by atoms with Crippen molar-refractivity contribution in [1.82, 2.24) is 14.7 Å². The summed E-state index contributed by atoms with van der Waals surface area (Å²) in [7, 11) is 3.10. The second kappa shape index (κ2) is 11.3. The SMILES string of the molecule is COc1ccc(NC(=O)c2cnn(-c3ccc(Cl)cc3)c2C2CCN(C(=O)OC(C)(C)C)CC2)c(OC)c1. The van der Waals surface area contributed by atoms with Crippen molar-refractivity contribution in [2.24, 2.45) is 0 Å². The molecule has 4 rings (SSSR count). The normalized spacial score (nSPS) is 14.2. The van der Waals surface area contributed by atoms with E-state index in [4.69, 9.17) is 25.8 Å². The molecule has 2 amide bonds. The molecule has 0 bridgehead atoms. The summed E-state index contributed by atoms with van der Waals surface area (Å²) >= 11 is 6.11. The zero-order valence-corrected chi connectivity index (χ0v) is 23.0. The van der Waals surface area contributed by atoms with E-state index in [0.717, 1.165) is 11.4 Å². The van der Waals surface area contributed by atoms with Gasteiger partial charge in [0.25, 0.3) is 5.91 Å². The van der Waals surface area contributed by atoms with E-state index in [1.165, 1.54) is 7.11 Å². The fourth-order valence-corrected chi connectivity index (χ4v) is 4.59. The molecule has 2 heterocycles. The molecule has 1 aliphatic rings. The van der Waals surface area contributed by atoms with Crippen molar-refractivity contribution in [3.8, 4) is 17.2 Å². The predicted octanol–water partition coefficient (Wildman–Crippen LogP) is 5.91. The number of nitrogens with one attached hydrogen (secondary N) is 1. The number of amides is 2. The van der Waals surface area contributed by atoms with Gasteiger partial charge in [-0.2, -0.15) is 5.10 Å². The average Bonchev–Trinajstić information content (AvgIpc) is 3.34. The van der Waals surface area contributed by atoms with Gasteiger partial charge in [-0.05, 0) is 70.0 Å². The van der Waals surface area contributed by atoms with Crippen LogP contribution in [0.1, 0.15) is 55.6 Å². The van der Waals surface area contributed by atoms with Crippen LogP contribution in [0.3, 0.4) is 0 Å². The number of piperidine rings is 1. The first kappa shape index (κ1) is 27.3. The molecule has 1 N–H and O–H groups in total. The monoisotopic (exact) mass is 540 g/mol. The molecule has 0 atom stereocenters. The molecule has 10 heteroatoms. The second-order valence-electron chi connectivity index (χ2n) is 10.1. The minimum Gasteiger partial charge on any atom is -0.497 e. The van der Waals surface area contributed by atoms with Crippen LogP contribution in [-0.4, -0.2) is 59.6 Å². The highest BCUT2D eigenvalue weighted by atomic mass is 35.5. The maximum absolute atomic E-state index is 13.6. The maximum atomic E-state index is 13.6. The molecule has 3 aromatic rings. The molecule has 1 saturated heterocycles. The van der Waals surface area contributed by atoms with Gasteiger partial charge in [0, 0.05) is 30.1 Å². The van der Waals surface area contributed by atoms with Gasteiger partial charge >= 0.3 is 6.09 Å². The first-order valence-electron chi connectivity index (χ1n) is 12.4. The Morgan fingerprint density at radius 2 is 1.71 bits per heavy atom. The van der Waals surface area contributed by atoms with Crippen LogP contribution in [0.4, 0.5) is 10.5 Å². The fourth-order valence-electron chi connectivity index (χ4n) is 4.47. The molecular weight excluding hydrogens is 508 g/mol. The smallest absolute Gasteiger partial charge is 0.410 e. The van der Waals surface area contributed by atoms with Gasteiger partial charge in [0.1, 0.15) is 17.1 Å². The van der Waals surface area contributed by atoms with Crippen LogP contribution in [0.5, 0.6) is 11.5 Å². The Bertz CT molecular complexity index is 1290. The molecule has 0 spiro atoms. The van der Waals surface area contributed by atoms with E-state index in [1.54, 1.807) is 53.2 Å². The van der Waals surface area contributed by atoms with Gasteiger partial charge in [-0.1, -0.05) is 11.6 Å². The van der Waals surface area contributed by atoms with E-state index >= 15 is 0 Å². The number of rotatable bonds is 6. The molecule has 0 saturated carbocycles. The molecule has 202 valence electrons. The van der Waals surface area contributed by atoms with Crippen LogP contribution in [0.15, 0.2) is 48.7 Å². The molecule has 1 aliphatic heterocycles. The van der Waals surface area contributed by atoms with E-state index < -0.39 is 5.60 Å². The van der Waals surface area contributed by atoms with E-state index in [-0.39, 0.29) is 17.9 Å². The minimum absolute atomic E-state index is 0.00891. The Balaban J connectivity index is 1.63. The highest BCUT2D eigenvalue weighted by Gasteiger charge is 2.32. The van der Waals surface area contributed by atoms with E-state index in [1.807, 2.05) is 32.9 Å². The summed E-state index contributed by atoms with van der Waals surface area (Å²) in [6.07, 6.45) is 2.57. The standard InChI is InChI=1S/C28H33ClN4O5/c1-28(2,3)38-27(35)32-14-12-18(13-15-32)25-22(17-30-33(25)20-8-6-19(29)7-9-20)26(34)31-23-11-10-21(36-4)16-24(23)37-5/h6-11,16-18H,12-15H2,1-5H3,(H,31,34). The third-order valence-electron chi connectivity index (χ3n) is 6.31. The summed E-state index contributed by atoms with van der Waals surface area (Å²) in [5, 5.41) is 8.15.